The van der Waals surface area contributed by atoms with Crippen LogP contribution in [-0.4, -0.2) is 17.7 Å². The highest BCUT2D eigenvalue weighted by Gasteiger charge is 2.04. The van der Waals surface area contributed by atoms with E-state index in [4.69, 9.17) is 4.74 Å². The fourth-order valence-electron chi connectivity index (χ4n) is 1.69. The molecule has 0 bridgehead atoms. The number of nitrogens with zero attached hydrogens (tertiary/aromatic N) is 1. The van der Waals surface area contributed by atoms with Crippen LogP contribution in [-0.2, 0) is 0 Å². The predicted molar refractivity (Wildman–Crippen MR) is 85.5 cm³/mol. The highest BCUT2D eigenvalue weighted by Crippen LogP contribution is 2.20. The third-order valence-electron chi connectivity index (χ3n) is 2.98. The highest BCUT2D eigenvalue weighted by atomic mass is 79.9. The van der Waals surface area contributed by atoms with E-state index >= 15 is 0 Å². The largest absolute Gasteiger partial charge is 0.473 e. The summed E-state index contributed by atoms with van der Waals surface area (Å²) in [7, 11) is 0. The van der Waals surface area contributed by atoms with Gasteiger partial charge in [0.1, 0.15) is 11.6 Å². The molecule has 110 valence electrons. The summed E-state index contributed by atoms with van der Waals surface area (Å²) in [6.45, 7) is 4.08. The summed E-state index contributed by atoms with van der Waals surface area (Å²) in [6.07, 6.45) is 1.60. The number of amides is 2. The first-order valence-electron chi connectivity index (χ1n) is 6.41. The van der Waals surface area contributed by atoms with E-state index in [1.807, 2.05) is 32.0 Å². The van der Waals surface area contributed by atoms with E-state index in [1.165, 1.54) is 0 Å². The van der Waals surface area contributed by atoms with Crippen molar-refractivity contribution < 1.29 is 9.53 Å². The lowest BCUT2D eigenvalue weighted by Crippen LogP contribution is -2.32. The fraction of sp³-hybridized carbons (Fsp3) is 0.200. The number of anilines is 1. The van der Waals surface area contributed by atoms with Gasteiger partial charge in [0.25, 0.3) is 0 Å². The van der Waals surface area contributed by atoms with Crippen LogP contribution in [0.25, 0.3) is 0 Å². The number of pyridine rings is 1. The first kappa shape index (κ1) is 15.3. The van der Waals surface area contributed by atoms with E-state index < -0.39 is 0 Å². The van der Waals surface area contributed by atoms with Gasteiger partial charge in [0.05, 0.1) is 0 Å². The van der Waals surface area contributed by atoms with Crippen molar-refractivity contribution >= 4 is 27.8 Å². The maximum absolute atomic E-state index is 11.7. The Morgan fingerprint density at radius 2 is 2.14 bits per heavy atom. The predicted octanol–water partition coefficient (Wildman–Crippen LogP) is 3.62. The standard InChI is InChI=1S/C15H16BrN3O2/c1-10-4-3-5-13(11(10)2)21-9-18-15(20)19-14-8-12(16)6-7-17-14/h3-8H,9H2,1-2H3,(H2,17,18,19,20). The van der Waals surface area contributed by atoms with Crippen LogP contribution in [0.4, 0.5) is 10.6 Å². The van der Waals surface area contributed by atoms with Crippen LogP contribution in [0.3, 0.4) is 0 Å². The Balaban J connectivity index is 1.83. The molecule has 6 heteroatoms. The van der Waals surface area contributed by atoms with Crippen LogP contribution in [0.1, 0.15) is 11.1 Å². The fourth-order valence-corrected chi connectivity index (χ4v) is 2.03. The van der Waals surface area contributed by atoms with Crippen molar-refractivity contribution in [2.45, 2.75) is 13.8 Å². The SMILES string of the molecule is Cc1cccc(OCNC(=O)Nc2cc(Br)ccn2)c1C. The van der Waals surface area contributed by atoms with E-state index in [0.29, 0.717) is 5.82 Å². The molecule has 0 atom stereocenters. The Morgan fingerprint density at radius 3 is 2.90 bits per heavy atom. The monoisotopic (exact) mass is 349 g/mol. The van der Waals surface area contributed by atoms with E-state index in [-0.39, 0.29) is 12.8 Å². The first-order chi connectivity index (χ1) is 10.1. The lowest BCUT2D eigenvalue weighted by Gasteiger charge is -2.12. The van der Waals surface area contributed by atoms with E-state index in [0.717, 1.165) is 21.3 Å². The molecule has 0 unspecified atom stereocenters. The number of rotatable bonds is 4. The maximum atomic E-state index is 11.7. The minimum Gasteiger partial charge on any atom is -0.473 e. The van der Waals surface area contributed by atoms with Crippen molar-refractivity contribution in [3.63, 3.8) is 0 Å². The lowest BCUT2D eigenvalue weighted by atomic mass is 10.1. The smallest absolute Gasteiger partial charge is 0.323 e. The van der Waals surface area contributed by atoms with Crippen molar-refractivity contribution in [3.8, 4) is 5.75 Å². The van der Waals surface area contributed by atoms with E-state index in [9.17, 15) is 4.79 Å². The van der Waals surface area contributed by atoms with Gasteiger partial charge in [0.15, 0.2) is 6.73 Å². The van der Waals surface area contributed by atoms with Crippen LogP contribution in [0.15, 0.2) is 41.0 Å². The lowest BCUT2D eigenvalue weighted by molar-refractivity contribution is 0.234. The normalized spacial score (nSPS) is 10.0. The molecule has 5 nitrogen and oxygen atoms in total. The quantitative estimate of drug-likeness (QED) is 0.828. The molecular formula is C15H16BrN3O2. The zero-order valence-electron chi connectivity index (χ0n) is 11.8. The van der Waals surface area contributed by atoms with Gasteiger partial charge in [-0.15, -0.1) is 0 Å². The Hall–Kier alpha value is -2.08. The second-order valence-electron chi connectivity index (χ2n) is 4.48. The second kappa shape index (κ2) is 7.08. The second-order valence-corrected chi connectivity index (χ2v) is 5.39. The number of benzene rings is 1. The van der Waals surface area contributed by atoms with Gasteiger partial charge in [-0.1, -0.05) is 28.1 Å². The molecule has 2 amide bonds. The summed E-state index contributed by atoms with van der Waals surface area (Å²) < 4.78 is 6.39. The van der Waals surface area contributed by atoms with E-state index in [1.54, 1.807) is 18.3 Å². The van der Waals surface area contributed by atoms with Gasteiger partial charge in [-0.25, -0.2) is 9.78 Å². The molecule has 0 saturated carbocycles. The molecule has 1 heterocycles. The molecule has 21 heavy (non-hydrogen) atoms. The highest BCUT2D eigenvalue weighted by molar-refractivity contribution is 9.10. The van der Waals surface area contributed by atoms with Crippen LogP contribution < -0.4 is 15.4 Å². The Morgan fingerprint density at radius 1 is 1.33 bits per heavy atom. The average molecular weight is 350 g/mol. The van der Waals surface area contributed by atoms with Gasteiger partial charge < -0.3 is 10.1 Å². The summed E-state index contributed by atoms with van der Waals surface area (Å²) in [4.78, 5) is 15.7. The Labute approximate surface area is 131 Å². The number of hydrogen-bond acceptors (Lipinski definition) is 3. The number of nitrogens with one attached hydrogen (secondary N) is 2. The van der Waals surface area contributed by atoms with Gasteiger partial charge in [-0.3, -0.25) is 5.32 Å². The third-order valence-corrected chi connectivity index (χ3v) is 3.47. The summed E-state index contributed by atoms with van der Waals surface area (Å²) in [5.74, 6) is 1.23. The van der Waals surface area contributed by atoms with Crippen LogP contribution in [0.2, 0.25) is 0 Å². The number of carbonyl (C=O) groups is 1. The molecule has 0 spiro atoms. The van der Waals surface area contributed by atoms with Crippen molar-refractivity contribution in [1.82, 2.24) is 10.3 Å². The van der Waals surface area contributed by atoms with Crippen molar-refractivity contribution in [3.05, 3.63) is 52.1 Å². The minimum atomic E-state index is -0.370. The van der Waals surface area contributed by atoms with Crippen molar-refractivity contribution in [2.24, 2.45) is 0 Å². The van der Waals surface area contributed by atoms with Crippen LogP contribution in [0, 0.1) is 13.8 Å². The molecule has 0 radical (unpaired) electrons. The molecule has 0 fully saturated rings. The minimum absolute atomic E-state index is 0.0874. The summed E-state index contributed by atoms with van der Waals surface area (Å²) in [6, 6.07) is 8.94. The third kappa shape index (κ3) is 4.46. The average Bonchev–Trinajstić information content (AvgIpc) is 2.43. The number of halogens is 1. The number of carbonyl (C=O) groups excluding carboxylic acids is 1. The van der Waals surface area contributed by atoms with Crippen LogP contribution >= 0.6 is 15.9 Å². The zero-order chi connectivity index (χ0) is 15.2. The number of urea groups is 1. The Bertz CT molecular complexity index is 647. The van der Waals surface area contributed by atoms with Gasteiger partial charge in [-0.05, 0) is 43.2 Å². The number of ether oxygens (including phenoxy) is 1. The molecule has 0 aliphatic carbocycles. The first-order valence-corrected chi connectivity index (χ1v) is 7.21. The molecule has 2 rings (SSSR count). The van der Waals surface area contributed by atoms with Gasteiger partial charge >= 0.3 is 6.03 Å². The molecule has 1 aromatic heterocycles. The number of aryl methyl sites for hydroxylation is 1. The van der Waals surface area contributed by atoms with Crippen molar-refractivity contribution in [1.29, 1.82) is 0 Å². The molecule has 0 saturated heterocycles. The van der Waals surface area contributed by atoms with Gasteiger partial charge in [-0.2, -0.15) is 0 Å². The summed E-state index contributed by atoms with van der Waals surface area (Å²) in [5.41, 5.74) is 2.21. The molecule has 1 aromatic carbocycles. The molecule has 0 aliphatic heterocycles. The summed E-state index contributed by atoms with van der Waals surface area (Å²) >= 11 is 3.31. The van der Waals surface area contributed by atoms with E-state index in [2.05, 4.69) is 31.5 Å². The summed E-state index contributed by atoms with van der Waals surface area (Å²) in [5, 5.41) is 5.24. The molecule has 2 aromatic rings. The molecule has 0 aliphatic rings. The number of hydrogen-bond donors (Lipinski definition) is 2. The van der Waals surface area contributed by atoms with Gasteiger partial charge in [0, 0.05) is 10.7 Å². The molecule has 2 N–H and O–H groups in total. The maximum Gasteiger partial charge on any atom is 0.323 e. The molecular weight excluding hydrogens is 334 g/mol. The Kier molecular flexibility index (Phi) is 5.16. The van der Waals surface area contributed by atoms with Crippen molar-refractivity contribution in [2.75, 3.05) is 12.0 Å². The topological polar surface area (TPSA) is 63.2 Å². The zero-order valence-corrected chi connectivity index (χ0v) is 13.4. The van der Waals surface area contributed by atoms with Crippen LogP contribution in [0.5, 0.6) is 5.75 Å². The van der Waals surface area contributed by atoms with Gasteiger partial charge in [0.2, 0.25) is 0 Å². The number of aromatic nitrogens is 1.